The maximum absolute atomic E-state index is 12.7. The van der Waals surface area contributed by atoms with Crippen LogP contribution in [0.2, 0.25) is 10.0 Å². The molecule has 1 N–H and O–H groups in total. The molecule has 0 aliphatic rings. The fourth-order valence-corrected chi connectivity index (χ4v) is 2.39. The number of benzene rings is 2. The number of ketones is 1. The Kier molecular flexibility index (Phi) is 3.78. The Labute approximate surface area is 131 Å². The molecule has 5 heteroatoms. The van der Waals surface area contributed by atoms with Crippen molar-refractivity contribution in [3.63, 3.8) is 0 Å². The van der Waals surface area contributed by atoms with Crippen molar-refractivity contribution in [1.82, 2.24) is 9.97 Å². The number of imidazole rings is 1. The fraction of sp³-hybridized carbons (Fsp3) is 0. The lowest BCUT2D eigenvalue weighted by molar-refractivity contribution is 0.103. The minimum atomic E-state index is -0.124. The van der Waals surface area contributed by atoms with Crippen LogP contribution < -0.4 is 0 Å². The summed E-state index contributed by atoms with van der Waals surface area (Å²) in [6.07, 6.45) is 3.37. The summed E-state index contributed by atoms with van der Waals surface area (Å²) < 4.78 is 0. The lowest BCUT2D eigenvalue weighted by atomic mass is 9.98. The highest BCUT2D eigenvalue weighted by atomic mass is 35.5. The SMILES string of the molecule is O=C(c1ccc(Cl)c(Cl)c1)c1ccccc1-c1ncc[nH]1. The van der Waals surface area contributed by atoms with E-state index >= 15 is 0 Å². The highest BCUT2D eigenvalue weighted by Crippen LogP contribution is 2.26. The number of carbonyl (C=O) groups excluding carboxylic acids is 1. The number of rotatable bonds is 3. The summed E-state index contributed by atoms with van der Waals surface area (Å²) in [6.45, 7) is 0. The van der Waals surface area contributed by atoms with Gasteiger partial charge in [0.1, 0.15) is 5.82 Å². The van der Waals surface area contributed by atoms with Gasteiger partial charge in [-0.3, -0.25) is 4.79 Å². The van der Waals surface area contributed by atoms with E-state index in [-0.39, 0.29) is 5.78 Å². The number of aromatic amines is 1. The third-order valence-electron chi connectivity index (χ3n) is 3.11. The largest absolute Gasteiger partial charge is 0.345 e. The number of hydrogen-bond donors (Lipinski definition) is 1. The zero-order valence-electron chi connectivity index (χ0n) is 10.8. The Morgan fingerprint density at radius 3 is 2.57 bits per heavy atom. The molecule has 3 nitrogen and oxygen atoms in total. The summed E-state index contributed by atoms with van der Waals surface area (Å²) in [5.74, 6) is 0.527. The molecule has 0 saturated carbocycles. The van der Waals surface area contributed by atoms with E-state index in [4.69, 9.17) is 23.2 Å². The third kappa shape index (κ3) is 2.71. The van der Waals surface area contributed by atoms with Gasteiger partial charge in [0.05, 0.1) is 10.0 Å². The zero-order chi connectivity index (χ0) is 14.8. The van der Waals surface area contributed by atoms with Crippen molar-refractivity contribution in [2.45, 2.75) is 0 Å². The molecule has 0 fully saturated rings. The molecule has 3 rings (SSSR count). The molecule has 0 saturated heterocycles. The van der Waals surface area contributed by atoms with Crippen molar-refractivity contribution in [3.8, 4) is 11.4 Å². The van der Waals surface area contributed by atoms with E-state index in [1.807, 2.05) is 18.2 Å². The number of hydrogen-bond acceptors (Lipinski definition) is 2. The van der Waals surface area contributed by atoms with Gasteiger partial charge in [0.2, 0.25) is 0 Å². The van der Waals surface area contributed by atoms with Gasteiger partial charge in [-0.05, 0) is 18.2 Å². The van der Waals surface area contributed by atoms with Crippen molar-refractivity contribution < 1.29 is 4.79 Å². The molecule has 1 aromatic heterocycles. The van der Waals surface area contributed by atoms with Crippen LogP contribution in [0.15, 0.2) is 54.9 Å². The van der Waals surface area contributed by atoms with Crippen LogP contribution in [0.4, 0.5) is 0 Å². The molecule has 0 atom stereocenters. The summed E-state index contributed by atoms with van der Waals surface area (Å²) in [5, 5.41) is 0.783. The molecule has 1 heterocycles. The molecule has 0 radical (unpaired) electrons. The van der Waals surface area contributed by atoms with Crippen molar-refractivity contribution >= 4 is 29.0 Å². The molecule has 0 spiro atoms. The van der Waals surface area contributed by atoms with Gasteiger partial charge in [0.25, 0.3) is 0 Å². The van der Waals surface area contributed by atoms with E-state index in [1.54, 1.807) is 36.7 Å². The highest BCUT2D eigenvalue weighted by molar-refractivity contribution is 6.42. The van der Waals surface area contributed by atoms with Crippen LogP contribution in [0.25, 0.3) is 11.4 Å². The van der Waals surface area contributed by atoms with Crippen LogP contribution in [-0.2, 0) is 0 Å². The fourth-order valence-electron chi connectivity index (χ4n) is 2.09. The summed E-state index contributed by atoms with van der Waals surface area (Å²) in [7, 11) is 0. The quantitative estimate of drug-likeness (QED) is 0.717. The van der Waals surface area contributed by atoms with Crippen LogP contribution >= 0.6 is 23.2 Å². The van der Waals surface area contributed by atoms with Crippen LogP contribution in [0.1, 0.15) is 15.9 Å². The number of aromatic nitrogens is 2. The number of H-pyrrole nitrogens is 1. The summed E-state index contributed by atoms with van der Waals surface area (Å²) in [5.41, 5.74) is 1.80. The van der Waals surface area contributed by atoms with Crippen molar-refractivity contribution in [2.75, 3.05) is 0 Å². The predicted octanol–water partition coefficient (Wildman–Crippen LogP) is 4.61. The first-order chi connectivity index (χ1) is 10.2. The van der Waals surface area contributed by atoms with Gasteiger partial charge in [-0.25, -0.2) is 4.98 Å². The standard InChI is InChI=1S/C16H10Cl2N2O/c17-13-6-5-10(9-14(13)18)15(21)11-3-1-2-4-12(11)16-19-7-8-20-16/h1-9H,(H,19,20). The Morgan fingerprint density at radius 1 is 1.05 bits per heavy atom. The second kappa shape index (κ2) is 5.72. The van der Waals surface area contributed by atoms with Gasteiger partial charge in [-0.1, -0.05) is 47.5 Å². The second-order valence-corrected chi connectivity index (χ2v) is 5.26. The molecular weight excluding hydrogens is 307 g/mol. The topological polar surface area (TPSA) is 45.8 Å². The average Bonchev–Trinajstić information content (AvgIpc) is 3.03. The molecule has 3 aromatic rings. The summed E-state index contributed by atoms with van der Waals surface area (Å²) in [6, 6.07) is 12.2. The van der Waals surface area contributed by atoms with Crippen LogP contribution in [0.5, 0.6) is 0 Å². The van der Waals surface area contributed by atoms with E-state index in [1.165, 1.54) is 0 Å². The van der Waals surface area contributed by atoms with E-state index in [2.05, 4.69) is 9.97 Å². The summed E-state index contributed by atoms with van der Waals surface area (Å²) >= 11 is 11.9. The molecular formula is C16H10Cl2N2O. The van der Waals surface area contributed by atoms with E-state index in [0.29, 0.717) is 27.0 Å². The smallest absolute Gasteiger partial charge is 0.193 e. The maximum atomic E-state index is 12.7. The van der Waals surface area contributed by atoms with Gasteiger partial charge in [-0.2, -0.15) is 0 Å². The van der Waals surface area contributed by atoms with Gasteiger partial charge in [0, 0.05) is 29.1 Å². The first-order valence-electron chi connectivity index (χ1n) is 6.25. The van der Waals surface area contributed by atoms with Gasteiger partial charge >= 0.3 is 0 Å². The maximum Gasteiger partial charge on any atom is 0.193 e. The number of halogens is 2. The first-order valence-corrected chi connectivity index (χ1v) is 7.01. The first kappa shape index (κ1) is 13.9. The monoisotopic (exact) mass is 316 g/mol. The van der Waals surface area contributed by atoms with Crippen LogP contribution in [-0.4, -0.2) is 15.8 Å². The van der Waals surface area contributed by atoms with Gasteiger partial charge < -0.3 is 4.98 Å². The Balaban J connectivity index is 2.08. The number of nitrogens with zero attached hydrogens (tertiary/aromatic N) is 1. The van der Waals surface area contributed by atoms with E-state index < -0.39 is 0 Å². The molecule has 21 heavy (non-hydrogen) atoms. The van der Waals surface area contributed by atoms with Crippen molar-refractivity contribution in [2.24, 2.45) is 0 Å². The molecule has 0 bridgehead atoms. The molecule has 0 aliphatic heterocycles. The van der Waals surface area contributed by atoms with Gasteiger partial charge in [-0.15, -0.1) is 0 Å². The lowest BCUT2D eigenvalue weighted by Gasteiger charge is -2.07. The lowest BCUT2D eigenvalue weighted by Crippen LogP contribution is -2.04. The Morgan fingerprint density at radius 2 is 1.86 bits per heavy atom. The Bertz CT molecular complexity index is 798. The van der Waals surface area contributed by atoms with Crippen molar-refractivity contribution in [3.05, 3.63) is 76.0 Å². The minimum Gasteiger partial charge on any atom is -0.345 e. The number of nitrogens with one attached hydrogen (secondary N) is 1. The predicted molar refractivity (Wildman–Crippen MR) is 83.9 cm³/mol. The molecule has 104 valence electrons. The van der Waals surface area contributed by atoms with Crippen LogP contribution in [0, 0.1) is 0 Å². The molecule has 2 aromatic carbocycles. The Hall–Kier alpha value is -2.10. The minimum absolute atomic E-state index is 0.124. The average molecular weight is 317 g/mol. The zero-order valence-corrected chi connectivity index (χ0v) is 12.3. The molecule has 0 amide bonds. The number of carbonyl (C=O) groups is 1. The third-order valence-corrected chi connectivity index (χ3v) is 3.85. The highest BCUT2D eigenvalue weighted by Gasteiger charge is 2.16. The normalized spacial score (nSPS) is 10.6. The van der Waals surface area contributed by atoms with E-state index in [9.17, 15) is 4.79 Å². The summed E-state index contributed by atoms with van der Waals surface area (Å²) in [4.78, 5) is 19.9. The van der Waals surface area contributed by atoms with E-state index in [0.717, 1.165) is 5.56 Å². The second-order valence-electron chi connectivity index (χ2n) is 4.44. The van der Waals surface area contributed by atoms with Gasteiger partial charge in [0.15, 0.2) is 5.78 Å². The molecule has 0 aliphatic carbocycles. The van der Waals surface area contributed by atoms with Crippen molar-refractivity contribution in [1.29, 1.82) is 0 Å². The van der Waals surface area contributed by atoms with Crippen LogP contribution in [0.3, 0.4) is 0 Å². The molecule has 0 unspecified atom stereocenters.